The minimum Gasteiger partial charge on any atom is -0.493 e. The lowest BCUT2D eigenvalue weighted by Gasteiger charge is -2.34. The molecule has 0 saturated carbocycles. The Balaban J connectivity index is 1.43. The molecule has 3 rings (SSSR count). The molecule has 1 N–H and O–H groups in total. The van der Waals surface area contributed by atoms with E-state index < -0.39 is 0 Å². The van der Waals surface area contributed by atoms with E-state index in [1.807, 2.05) is 19.1 Å². The lowest BCUT2D eigenvalue weighted by molar-refractivity contribution is -0.123. The molecule has 0 aromatic heterocycles. The van der Waals surface area contributed by atoms with Gasteiger partial charge in [-0.05, 0) is 42.2 Å². The van der Waals surface area contributed by atoms with Gasteiger partial charge in [-0.2, -0.15) is 0 Å². The average molecular weight is 426 g/mol. The van der Waals surface area contributed by atoms with Crippen molar-refractivity contribution in [1.29, 1.82) is 0 Å². The van der Waals surface area contributed by atoms with Crippen LogP contribution in [0.2, 0.25) is 0 Å². The van der Waals surface area contributed by atoms with E-state index in [9.17, 15) is 4.79 Å². The molecule has 1 aliphatic heterocycles. The van der Waals surface area contributed by atoms with Crippen LogP contribution in [0.5, 0.6) is 11.5 Å². The second kappa shape index (κ2) is 11.2. The monoisotopic (exact) mass is 425 g/mol. The van der Waals surface area contributed by atoms with Crippen LogP contribution in [0.3, 0.4) is 0 Å². The van der Waals surface area contributed by atoms with Crippen LogP contribution in [0.4, 0.5) is 0 Å². The molecule has 0 bridgehead atoms. The highest BCUT2D eigenvalue weighted by molar-refractivity contribution is 5.78. The van der Waals surface area contributed by atoms with E-state index in [1.54, 1.807) is 14.2 Å². The lowest BCUT2D eigenvalue weighted by Crippen LogP contribution is -2.49. The molecule has 0 unspecified atom stereocenters. The fraction of sp³-hybridized carbons (Fsp3) is 0.480. The maximum absolute atomic E-state index is 12.5. The average Bonchev–Trinajstić information content (AvgIpc) is 2.80. The number of carbonyl (C=O) groups is 1. The van der Waals surface area contributed by atoms with E-state index in [0.717, 1.165) is 56.2 Å². The maximum Gasteiger partial charge on any atom is 0.234 e. The predicted molar refractivity (Wildman–Crippen MR) is 124 cm³/mol. The van der Waals surface area contributed by atoms with E-state index in [0.29, 0.717) is 6.54 Å². The first-order chi connectivity index (χ1) is 15.0. The highest BCUT2D eigenvalue weighted by Crippen LogP contribution is 2.28. The van der Waals surface area contributed by atoms with Crippen LogP contribution >= 0.6 is 0 Å². The third-order valence-electron chi connectivity index (χ3n) is 5.95. The first-order valence-corrected chi connectivity index (χ1v) is 11.1. The highest BCUT2D eigenvalue weighted by Gasteiger charge is 2.20. The molecule has 0 spiro atoms. The van der Waals surface area contributed by atoms with Gasteiger partial charge in [0.25, 0.3) is 0 Å². The minimum absolute atomic E-state index is 0.0183. The standard InChI is InChI=1S/C25H35N3O3/c1-5-20-6-9-22(10-7-20)19(2)26-25(29)18-28-14-12-27(13-15-28)17-21-8-11-23(30-3)24(16-21)31-4/h6-11,16,19H,5,12-15,17-18H2,1-4H3,(H,26,29)/t19-/m1/s1. The smallest absolute Gasteiger partial charge is 0.234 e. The Labute approximate surface area is 186 Å². The van der Waals surface area contributed by atoms with E-state index in [2.05, 4.69) is 52.4 Å². The summed E-state index contributed by atoms with van der Waals surface area (Å²) in [5, 5.41) is 3.14. The van der Waals surface area contributed by atoms with Crippen molar-refractivity contribution in [3.63, 3.8) is 0 Å². The van der Waals surface area contributed by atoms with Gasteiger partial charge in [-0.3, -0.25) is 14.6 Å². The molecule has 1 atom stereocenters. The summed E-state index contributed by atoms with van der Waals surface area (Å²) >= 11 is 0. The van der Waals surface area contributed by atoms with E-state index in [1.165, 1.54) is 11.1 Å². The molecule has 6 nitrogen and oxygen atoms in total. The van der Waals surface area contributed by atoms with Gasteiger partial charge in [0.1, 0.15) is 0 Å². The third-order valence-corrected chi connectivity index (χ3v) is 5.95. The van der Waals surface area contributed by atoms with Crippen molar-refractivity contribution in [1.82, 2.24) is 15.1 Å². The van der Waals surface area contributed by atoms with Crippen LogP contribution in [-0.2, 0) is 17.8 Å². The number of carbonyl (C=O) groups excluding carboxylic acids is 1. The number of nitrogens with one attached hydrogen (secondary N) is 1. The number of nitrogens with zero attached hydrogens (tertiary/aromatic N) is 2. The first-order valence-electron chi connectivity index (χ1n) is 11.1. The second-order valence-corrected chi connectivity index (χ2v) is 8.13. The Kier molecular flexibility index (Phi) is 8.32. The zero-order valence-corrected chi connectivity index (χ0v) is 19.2. The Bertz CT molecular complexity index is 846. The van der Waals surface area contributed by atoms with Crippen LogP contribution in [0.15, 0.2) is 42.5 Å². The number of methoxy groups -OCH3 is 2. The van der Waals surface area contributed by atoms with Gasteiger partial charge in [0.2, 0.25) is 5.91 Å². The van der Waals surface area contributed by atoms with Crippen LogP contribution in [-0.4, -0.2) is 62.7 Å². The number of benzene rings is 2. The molecule has 6 heteroatoms. The summed E-state index contributed by atoms with van der Waals surface area (Å²) in [7, 11) is 3.31. The van der Waals surface area contributed by atoms with Crippen molar-refractivity contribution in [2.75, 3.05) is 46.9 Å². The van der Waals surface area contributed by atoms with Gasteiger partial charge in [-0.1, -0.05) is 37.3 Å². The topological polar surface area (TPSA) is 54.0 Å². The molecule has 0 aliphatic carbocycles. The second-order valence-electron chi connectivity index (χ2n) is 8.13. The van der Waals surface area contributed by atoms with Crippen molar-refractivity contribution in [3.05, 3.63) is 59.2 Å². The minimum atomic E-state index is 0.0183. The molecule has 1 aliphatic rings. The van der Waals surface area contributed by atoms with Crippen molar-refractivity contribution in [2.45, 2.75) is 32.9 Å². The van der Waals surface area contributed by atoms with Crippen molar-refractivity contribution < 1.29 is 14.3 Å². The summed E-state index contributed by atoms with van der Waals surface area (Å²) in [6.45, 7) is 9.16. The predicted octanol–water partition coefficient (Wildman–Crippen LogP) is 3.26. The third kappa shape index (κ3) is 6.45. The molecule has 1 saturated heterocycles. The SMILES string of the molecule is CCc1ccc([C@@H](C)NC(=O)CN2CCN(Cc3ccc(OC)c(OC)c3)CC2)cc1. The van der Waals surface area contributed by atoms with Crippen LogP contribution in [0, 0.1) is 0 Å². The number of aryl methyl sites for hydroxylation is 1. The molecule has 2 aromatic rings. The van der Waals surface area contributed by atoms with Crippen LogP contribution in [0.1, 0.15) is 36.6 Å². The zero-order chi connectivity index (χ0) is 22.2. The fourth-order valence-corrected chi connectivity index (χ4v) is 3.96. The molecule has 1 fully saturated rings. The van der Waals surface area contributed by atoms with Gasteiger partial charge in [-0.25, -0.2) is 0 Å². The van der Waals surface area contributed by atoms with Crippen molar-refractivity contribution >= 4 is 5.91 Å². The quantitative estimate of drug-likeness (QED) is 0.668. The summed E-state index contributed by atoms with van der Waals surface area (Å²) < 4.78 is 10.7. The molecule has 31 heavy (non-hydrogen) atoms. The first kappa shape index (κ1) is 23.1. The van der Waals surface area contributed by atoms with Crippen LogP contribution < -0.4 is 14.8 Å². The molecule has 168 valence electrons. The maximum atomic E-state index is 12.5. The fourth-order valence-electron chi connectivity index (χ4n) is 3.96. The van der Waals surface area contributed by atoms with Crippen molar-refractivity contribution in [3.8, 4) is 11.5 Å². The summed E-state index contributed by atoms with van der Waals surface area (Å²) in [6, 6.07) is 14.6. The largest absolute Gasteiger partial charge is 0.493 e. The number of amides is 1. The van der Waals surface area contributed by atoms with E-state index in [-0.39, 0.29) is 11.9 Å². The van der Waals surface area contributed by atoms with Gasteiger partial charge >= 0.3 is 0 Å². The molecule has 1 heterocycles. The number of piperazine rings is 1. The lowest BCUT2D eigenvalue weighted by atomic mass is 10.0. The Morgan fingerprint density at radius 1 is 0.935 bits per heavy atom. The van der Waals surface area contributed by atoms with E-state index >= 15 is 0 Å². The molecular weight excluding hydrogens is 390 g/mol. The molecule has 2 aromatic carbocycles. The normalized spacial score (nSPS) is 16.0. The number of hydrogen-bond acceptors (Lipinski definition) is 5. The van der Waals surface area contributed by atoms with Gasteiger partial charge in [0, 0.05) is 32.7 Å². The number of ether oxygens (including phenoxy) is 2. The van der Waals surface area contributed by atoms with Gasteiger partial charge in [0.15, 0.2) is 11.5 Å². The Hall–Kier alpha value is -2.57. The summed E-state index contributed by atoms with van der Waals surface area (Å²) in [5.74, 6) is 1.59. The van der Waals surface area contributed by atoms with Gasteiger partial charge in [-0.15, -0.1) is 0 Å². The summed E-state index contributed by atoms with van der Waals surface area (Å²) in [5.41, 5.74) is 3.66. The number of rotatable bonds is 9. The van der Waals surface area contributed by atoms with E-state index in [4.69, 9.17) is 9.47 Å². The zero-order valence-electron chi connectivity index (χ0n) is 19.2. The molecular formula is C25H35N3O3. The van der Waals surface area contributed by atoms with Crippen LogP contribution in [0.25, 0.3) is 0 Å². The Morgan fingerprint density at radius 3 is 2.16 bits per heavy atom. The number of hydrogen-bond donors (Lipinski definition) is 1. The Morgan fingerprint density at radius 2 is 1.55 bits per heavy atom. The van der Waals surface area contributed by atoms with Gasteiger partial charge in [0.05, 0.1) is 26.8 Å². The molecule has 1 amide bonds. The van der Waals surface area contributed by atoms with Crippen molar-refractivity contribution in [2.24, 2.45) is 0 Å². The summed E-state index contributed by atoms with van der Waals surface area (Å²) in [6.07, 6.45) is 1.03. The summed E-state index contributed by atoms with van der Waals surface area (Å²) in [4.78, 5) is 17.2. The van der Waals surface area contributed by atoms with Gasteiger partial charge < -0.3 is 14.8 Å². The highest BCUT2D eigenvalue weighted by atomic mass is 16.5. The molecule has 0 radical (unpaired) electrons.